The van der Waals surface area contributed by atoms with Gasteiger partial charge in [-0.1, -0.05) is 6.42 Å². The zero-order chi connectivity index (χ0) is 10.1. The number of aliphatic hydroxyl groups excluding tert-OH is 1. The van der Waals surface area contributed by atoms with Crippen LogP contribution >= 0.6 is 0 Å². The number of carbonyl (C=O) groups is 1. The summed E-state index contributed by atoms with van der Waals surface area (Å²) in [5.41, 5.74) is 0. The third-order valence-electron chi connectivity index (χ3n) is 3.67. The first kappa shape index (κ1) is 10.1. The Balaban J connectivity index is 2.07. The van der Waals surface area contributed by atoms with Crippen LogP contribution in [0.2, 0.25) is 0 Å². The molecule has 1 N–H and O–H groups in total. The number of hydrogen-bond donors (Lipinski definition) is 1. The van der Waals surface area contributed by atoms with E-state index in [9.17, 15) is 9.90 Å². The smallest absolute Gasteiger partial charge is 0.149 e. The number of Topliss-reactive ketones (excluding diaryl/α,β-unsaturated/α-hetero) is 1. The molecule has 0 amide bonds. The number of nitrogens with zero attached hydrogens (tertiary/aromatic N) is 1. The quantitative estimate of drug-likeness (QED) is 0.625. The van der Waals surface area contributed by atoms with Crippen LogP contribution < -0.4 is 0 Å². The number of aliphatic hydroxyl groups is 1. The summed E-state index contributed by atoms with van der Waals surface area (Å²) >= 11 is 0. The van der Waals surface area contributed by atoms with Crippen molar-refractivity contribution in [3.05, 3.63) is 0 Å². The Kier molecular flexibility index (Phi) is 2.88. The summed E-state index contributed by atoms with van der Waals surface area (Å²) in [5, 5.41) is 9.70. The molecule has 0 spiro atoms. The molecule has 3 heteroatoms. The lowest BCUT2D eigenvalue weighted by atomic mass is 9.81. The second-order valence-corrected chi connectivity index (χ2v) is 4.79. The number of fused-ring (bicyclic) bond motifs is 2. The van der Waals surface area contributed by atoms with E-state index in [4.69, 9.17) is 0 Å². The number of rotatable bonds is 0. The van der Waals surface area contributed by atoms with Gasteiger partial charge in [-0.05, 0) is 32.7 Å². The van der Waals surface area contributed by atoms with Gasteiger partial charge in [0.25, 0.3) is 0 Å². The fourth-order valence-electron chi connectivity index (χ4n) is 2.73. The number of likely N-dealkylation sites (tertiary alicyclic amines) is 1. The second kappa shape index (κ2) is 3.99. The Morgan fingerprint density at radius 2 is 2.14 bits per heavy atom. The molecule has 3 nitrogen and oxygen atoms in total. The predicted molar refractivity (Wildman–Crippen MR) is 54.0 cm³/mol. The van der Waals surface area contributed by atoms with Crippen molar-refractivity contribution in [2.45, 2.75) is 44.2 Å². The van der Waals surface area contributed by atoms with Crippen molar-refractivity contribution in [1.82, 2.24) is 4.90 Å². The van der Waals surface area contributed by atoms with E-state index in [0.29, 0.717) is 18.4 Å². The minimum Gasteiger partial charge on any atom is -0.393 e. The van der Waals surface area contributed by atoms with Crippen LogP contribution in [-0.2, 0) is 4.79 Å². The Labute approximate surface area is 85.1 Å². The van der Waals surface area contributed by atoms with Crippen LogP contribution in [0.15, 0.2) is 0 Å². The molecule has 0 radical (unpaired) electrons. The zero-order valence-electron chi connectivity index (χ0n) is 8.78. The van der Waals surface area contributed by atoms with Crippen molar-refractivity contribution in [2.75, 3.05) is 13.6 Å². The van der Waals surface area contributed by atoms with Gasteiger partial charge >= 0.3 is 0 Å². The molecule has 1 heterocycles. The Morgan fingerprint density at radius 3 is 2.93 bits per heavy atom. The minimum atomic E-state index is -0.156. The van der Waals surface area contributed by atoms with Crippen molar-refractivity contribution < 1.29 is 9.90 Å². The van der Waals surface area contributed by atoms with E-state index in [0.717, 1.165) is 32.1 Å². The average molecular weight is 197 g/mol. The molecule has 1 saturated heterocycles. The van der Waals surface area contributed by atoms with E-state index in [1.807, 2.05) is 7.05 Å². The lowest BCUT2D eigenvalue weighted by Gasteiger charge is -2.38. The molecule has 2 aliphatic rings. The van der Waals surface area contributed by atoms with Crippen molar-refractivity contribution >= 4 is 5.78 Å². The van der Waals surface area contributed by atoms with Crippen LogP contribution in [-0.4, -0.2) is 41.5 Å². The van der Waals surface area contributed by atoms with Crippen molar-refractivity contribution in [3.8, 4) is 0 Å². The Hall–Kier alpha value is -0.410. The van der Waals surface area contributed by atoms with Crippen LogP contribution in [0.4, 0.5) is 0 Å². The molecule has 0 aromatic rings. The summed E-state index contributed by atoms with van der Waals surface area (Å²) in [7, 11) is 1.99. The van der Waals surface area contributed by atoms with Crippen LogP contribution in [0.1, 0.15) is 32.1 Å². The first-order valence-corrected chi connectivity index (χ1v) is 5.58. The van der Waals surface area contributed by atoms with Crippen LogP contribution in [0, 0.1) is 5.92 Å². The monoisotopic (exact) mass is 197 g/mol. The molecule has 2 bridgehead atoms. The topological polar surface area (TPSA) is 40.5 Å². The lowest BCUT2D eigenvalue weighted by molar-refractivity contribution is -0.129. The van der Waals surface area contributed by atoms with E-state index in [1.165, 1.54) is 0 Å². The first-order chi connectivity index (χ1) is 6.66. The van der Waals surface area contributed by atoms with Gasteiger partial charge in [0.2, 0.25) is 0 Å². The molecule has 3 atom stereocenters. The second-order valence-electron chi connectivity index (χ2n) is 4.79. The number of carbonyl (C=O) groups excluding carboxylic acids is 1. The lowest BCUT2D eigenvalue weighted by Crippen LogP contribution is -2.47. The summed E-state index contributed by atoms with van der Waals surface area (Å²) in [5.74, 6) is 0.684. The van der Waals surface area contributed by atoms with Crippen molar-refractivity contribution in [3.63, 3.8) is 0 Å². The molecule has 2 fully saturated rings. The number of piperidine rings is 1. The molecule has 1 saturated carbocycles. The third kappa shape index (κ3) is 1.98. The number of likely N-dealkylation sites (N-methyl/N-ethyl adjacent to an activating group) is 1. The summed E-state index contributed by atoms with van der Waals surface area (Å²) in [4.78, 5) is 13.8. The maximum atomic E-state index is 11.7. The van der Waals surface area contributed by atoms with Crippen molar-refractivity contribution in [1.29, 1.82) is 0 Å². The molecule has 1 aliphatic heterocycles. The van der Waals surface area contributed by atoms with E-state index < -0.39 is 0 Å². The van der Waals surface area contributed by atoms with Crippen molar-refractivity contribution in [2.24, 2.45) is 5.92 Å². The molecular formula is C11H19NO2. The van der Waals surface area contributed by atoms with Gasteiger partial charge in [0.05, 0.1) is 12.6 Å². The highest BCUT2D eigenvalue weighted by Crippen LogP contribution is 2.29. The third-order valence-corrected chi connectivity index (χ3v) is 3.67. The molecule has 1 aliphatic carbocycles. The summed E-state index contributed by atoms with van der Waals surface area (Å²) in [6, 6.07) is 0.424. The highest BCUT2D eigenvalue weighted by molar-refractivity contribution is 5.83. The number of hydrogen-bond acceptors (Lipinski definition) is 3. The van der Waals surface area contributed by atoms with E-state index in [2.05, 4.69) is 4.90 Å². The zero-order valence-corrected chi connectivity index (χ0v) is 8.78. The normalized spacial score (nSPS) is 40.4. The van der Waals surface area contributed by atoms with E-state index >= 15 is 0 Å². The maximum absolute atomic E-state index is 11.7. The molecule has 0 aromatic carbocycles. The van der Waals surface area contributed by atoms with E-state index in [-0.39, 0.29) is 12.0 Å². The molecule has 0 aromatic heterocycles. The summed E-state index contributed by atoms with van der Waals surface area (Å²) < 4.78 is 0. The van der Waals surface area contributed by atoms with Gasteiger partial charge in [-0.2, -0.15) is 0 Å². The van der Waals surface area contributed by atoms with Gasteiger partial charge < -0.3 is 5.11 Å². The molecule has 14 heavy (non-hydrogen) atoms. The van der Waals surface area contributed by atoms with Crippen LogP contribution in [0.5, 0.6) is 0 Å². The highest BCUT2D eigenvalue weighted by atomic mass is 16.3. The number of ketones is 1. The predicted octanol–water partition coefficient (Wildman–Crippen LogP) is 0.811. The van der Waals surface area contributed by atoms with Gasteiger partial charge in [0.15, 0.2) is 0 Å². The van der Waals surface area contributed by atoms with Gasteiger partial charge in [-0.25, -0.2) is 0 Å². The van der Waals surface area contributed by atoms with Crippen LogP contribution in [0.3, 0.4) is 0 Å². The highest BCUT2D eigenvalue weighted by Gasteiger charge is 2.34. The summed E-state index contributed by atoms with van der Waals surface area (Å²) in [6.07, 6.45) is 4.52. The van der Waals surface area contributed by atoms with E-state index in [1.54, 1.807) is 0 Å². The first-order valence-electron chi connectivity index (χ1n) is 5.58. The molecule has 80 valence electrons. The maximum Gasteiger partial charge on any atom is 0.149 e. The largest absolute Gasteiger partial charge is 0.393 e. The van der Waals surface area contributed by atoms with Crippen LogP contribution in [0.25, 0.3) is 0 Å². The average Bonchev–Trinajstić information content (AvgIpc) is 2.08. The SMILES string of the molecule is CN1CC(=O)C2CCCC(O)CC1C2. The Bertz CT molecular complexity index is 229. The fourth-order valence-corrected chi connectivity index (χ4v) is 2.73. The molecule has 2 rings (SSSR count). The summed E-state index contributed by atoms with van der Waals surface area (Å²) in [6.45, 7) is 0.585. The van der Waals surface area contributed by atoms with Gasteiger partial charge in [-0.3, -0.25) is 9.69 Å². The molecular weight excluding hydrogens is 178 g/mol. The standard InChI is InChI=1S/C11H19NO2/c1-12-7-11(14)8-3-2-4-10(13)6-9(12)5-8/h8-10,13H,2-7H2,1H3. The van der Waals surface area contributed by atoms with Gasteiger partial charge in [0.1, 0.15) is 5.78 Å². The minimum absolute atomic E-state index is 0.156. The van der Waals surface area contributed by atoms with Gasteiger partial charge in [-0.15, -0.1) is 0 Å². The molecule has 3 unspecified atom stereocenters. The Morgan fingerprint density at radius 1 is 1.36 bits per heavy atom. The van der Waals surface area contributed by atoms with Gasteiger partial charge in [0, 0.05) is 12.0 Å². The fraction of sp³-hybridized carbons (Fsp3) is 0.909.